The van der Waals surface area contributed by atoms with Crippen LogP contribution in [0.15, 0.2) is 132 Å². The van der Waals surface area contributed by atoms with E-state index in [1.165, 1.54) is 11.8 Å². The van der Waals surface area contributed by atoms with Gasteiger partial charge in [-0.2, -0.15) is 0 Å². The van der Waals surface area contributed by atoms with Crippen molar-refractivity contribution in [2.45, 2.75) is 10.1 Å². The molecule has 0 heterocycles. The molecule has 37 heavy (non-hydrogen) atoms. The average molecular weight is 520 g/mol. The van der Waals surface area contributed by atoms with Crippen LogP contribution in [0, 0.1) is 0 Å². The van der Waals surface area contributed by atoms with E-state index in [4.69, 9.17) is 12.2 Å². The summed E-state index contributed by atoms with van der Waals surface area (Å²) in [6, 6.07) is 41.6. The van der Waals surface area contributed by atoms with Crippen molar-refractivity contribution in [3.8, 4) is 0 Å². The summed E-state index contributed by atoms with van der Waals surface area (Å²) < 4.78 is 0. The number of fused-ring (bicyclic) bond motifs is 1. The van der Waals surface area contributed by atoms with Gasteiger partial charge in [0, 0.05) is 27.3 Å². The Kier molecular flexibility index (Phi) is 7.79. The number of benzene rings is 5. The first-order chi connectivity index (χ1) is 18.2. The standard InChI is InChI=1S/C31H25N3OS2/c35-30(34-28-20-9-14-22-11-7-8-19-27(22)28)29(23-12-3-1-4-13-23)37-26-18-10-17-25(21-26)33-31(36)32-24-15-5-2-6-16-24/h1-21,29H,(H,34,35)(H2,32,33,36). The van der Waals surface area contributed by atoms with Gasteiger partial charge in [-0.15, -0.1) is 11.8 Å². The largest absolute Gasteiger partial charge is 0.332 e. The minimum absolute atomic E-state index is 0.0767. The van der Waals surface area contributed by atoms with Gasteiger partial charge < -0.3 is 16.0 Å². The Bertz CT molecular complexity index is 1520. The SMILES string of the molecule is O=C(Nc1cccc2ccccc12)C(Sc1cccc(NC(=S)Nc2ccccc2)c1)c1ccccc1. The first-order valence-corrected chi connectivity index (χ1v) is 13.2. The molecule has 0 aromatic heterocycles. The highest BCUT2D eigenvalue weighted by atomic mass is 32.2. The van der Waals surface area contributed by atoms with Gasteiger partial charge in [0.25, 0.3) is 0 Å². The van der Waals surface area contributed by atoms with E-state index < -0.39 is 5.25 Å². The van der Waals surface area contributed by atoms with E-state index in [0.717, 1.165) is 38.3 Å². The lowest BCUT2D eigenvalue weighted by Crippen LogP contribution is -2.19. The number of para-hydroxylation sites is 1. The number of anilines is 3. The molecule has 0 aliphatic carbocycles. The molecule has 1 atom stereocenters. The van der Waals surface area contributed by atoms with Gasteiger partial charge in [-0.1, -0.05) is 91.0 Å². The van der Waals surface area contributed by atoms with E-state index in [1.54, 1.807) is 0 Å². The number of thiocarbonyl (C=S) groups is 1. The van der Waals surface area contributed by atoms with E-state index in [1.807, 2.05) is 127 Å². The van der Waals surface area contributed by atoms with Crippen LogP contribution in [-0.2, 0) is 4.79 Å². The van der Waals surface area contributed by atoms with Crippen molar-refractivity contribution < 1.29 is 4.79 Å². The van der Waals surface area contributed by atoms with Gasteiger partial charge in [-0.25, -0.2) is 0 Å². The number of amides is 1. The number of carbonyl (C=O) groups excluding carboxylic acids is 1. The van der Waals surface area contributed by atoms with Crippen LogP contribution in [-0.4, -0.2) is 11.0 Å². The Balaban J connectivity index is 1.35. The van der Waals surface area contributed by atoms with E-state index in [0.29, 0.717) is 5.11 Å². The Labute approximate surface area is 226 Å². The minimum atomic E-state index is -0.440. The second-order valence-electron chi connectivity index (χ2n) is 8.40. The van der Waals surface area contributed by atoms with Crippen LogP contribution >= 0.6 is 24.0 Å². The number of hydrogen-bond donors (Lipinski definition) is 3. The number of rotatable bonds is 7. The van der Waals surface area contributed by atoms with Crippen LogP contribution in [0.1, 0.15) is 10.8 Å². The maximum absolute atomic E-state index is 13.6. The third-order valence-electron chi connectivity index (χ3n) is 5.77. The molecule has 0 radical (unpaired) electrons. The quantitative estimate of drug-likeness (QED) is 0.150. The molecule has 6 heteroatoms. The first-order valence-electron chi connectivity index (χ1n) is 11.9. The van der Waals surface area contributed by atoms with Gasteiger partial charge in [0.05, 0.1) is 0 Å². The maximum Gasteiger partial charge on any atom is 0.242 e. The summed E-state index contributed by atoms with van der Waals surface area (Å²) in [5.74, 6) is -0.0767. The zero-order valence-electron chi connectivity index (χ0n) is 19.9. The zero-order chi connectivity index (χ0) is 25.5. The normalized spacial score (nSPS) is 11.5. The van der Waals surface area contributed by atoms with Crippen molar-refractivity contribution in [3.05, 3.63) is 133 Å². The number of hydrogen-bond acceptors (Lipinski definition) is 3. The topological polar surface area (TPSA) is 53.2 Å². The van der Waals surface area contributed by atoms with Crippen LogP contribution in [0.4, 0.5) is 17.1 Å². The molecule has 5 rings (SSSR count). The van der Waals surface area contributed by atoms with Gasteiger partial charge in [0.15, 0.2) is 5.11 Å². The van der Waals surface area contributed by atoms with Crippen molar-refractivity contribution in [2.75, 3.05) is 16.0 Å². The molecular weight excluding hydrogens is 494 g/mol. The van der Waals surface area contributed by atoms with Gasteiger partial charge in [-0.05, 0) is 59.6 Å². The highest BCUT2D eigenvalue weighted by molar-refractivity contribution is 8.00. The van der Waals surface area contributed by atoms with E-state index in [9.17, 15) is 4.79 Å². The minimum Gasteiger partial charge on any atom is -0.332 e. The summed E-state index contributed by atoms with van der Waals surface area (Å²) in [5, 5.41) is 11.8. The third-order valence-corrected chi connectivity index (χ3v) is 7.22. The van der Waals surface area contributed by atoms with Gasteiger partial charge in [0.2, 0.25) is 5.91 Å². The molecule has 1 unspecified atom stereocenters. The third kappa shape index (κ3) is 6.36. The highest BCUT2D eigenvalue weighted by Gasteiger charge is 2.23. The fourth-order valence-corrected chi connectivity index (χ4v) is 5.35. The van der Waals surface area contributed by atoms with E-state index in [-0.39, 0.29) is 5.91 Å². The molecule has 0 aliphatic heterocycles. The number of nitrogens with one attached hydrogen (secondary N) is 3. The molecule has 3 N–H and O–H groups in total. The fourth-order valence-electron chi connectivity index (χ4n) is 4.03. The van der Waals surface area contributed by atoms with Crippen LogP contribution in [0.2, 0.25) is 0 Å². The summed E-state index contributed by atoms with van der Waals surface area (Å²) in [7, 11) is 0. The second kappa shape index (κ2) is 11.7. The molecule has 182 valence electrons. The van der Waals surface area contributed by atoms with Crippen molar-refractivity contribution in [1.29, 1.82) is 0 Å². The van der Waals surface area contributed by atoms with Crippen LogP contribution in [0.25, 0.3) is 10.8 Å². The van der Waals surface area contributed by atoms with E-state index in [2.05, 4.69) is 16.0 Å². The van der Waals surface area contributed by atoms with Crippen molar-refractivity contribution in [3.63, 3.8) is 0 Å². The molecule has 5 aromatic carbocycles. The summed E-state index contributed by atoms with van der Waals surface area (Å²) in [4.78, 5) is 14.6. The molecule has 1 amide bonds. The fraction of sp³-hybridized carbons (Fsp3) is 0.0323. The van der Waals surface area contributed by atoms with Gasteiger partial charge >= 0.3 is 0 Å². The first kappa shape index (κ1) is 24.6. The molecule has 0 saturated carbocycles. The monoisotopic (exact) mass is 519 g/mol. The van der Waals surface area contributed by atoms with Crippen LogP contribution < -0.4 is 16.0 Å². The van der Waals surface area contributed by atoms with Crippen LogP contribution in [0.3, 0.4) is 0 Å². The van der Waals surface area contributed by atoms with Gasteiger partial charge in [0.1, 0.15) is 5.25 Å². The zero-order valence-corrected chi connectivity index (χ0v) is 21.6. The second-order valence-corrected chi connectivity index (χ2v) is 9.98. The van der Waals surface area contributed by atoms with E-state index >= 15 is 0 Å². The van der Waals surface area contributed by atoms with Crippen molar-refractivity contribution >= 4 is 62.8 Å². The summed E-state index contributed by atoms with van der Waals surface area (Å²) >= 11 is 6.99. The van der Waals surface area contributed by atoms with Crippen LogP contribution in [0.5, 0.6) is 0 Å². The Morgan fingerprint density at radius 2 is 1.27 bits per heavy atom. The molecular formula is C31H25N3OS2. The lowest BCUT2D eigenvalue weighted by molar-refractivity contribution is -0.115. The predicted octanol–water partition coefficient (Wildman–Crippen LogP) is 8.12. The molecule has 0 aliphatic rings. The Morgan fingerprint density at radius 1 is 0.649 bits per heavy atom. The number of carbonyl (C=O) groups is 1. The number of thioether (sulfide) groups is 1. The van der Waals surface area contributed by atoms with Crippen molar-refractivity contribution in [1.82, 2.24) is 0 Å². The van der Waals surface area contributed by atoms with Crippen molar-refractivity contribution in [2.24, 2.45) is 0 Å². The molecule has 0 spiro atoms. The lowest BCUT2D eigenvalue weighted by atomic mass is 10.1. The summed E-state index contributed by atoms with van der Waals surface area (Å²) in [6.45, 7) is 0. The molecule has 5 aromatic rings. The molecule has 0 bridgehead atoms. The van der Waals surface area contributed by atoms with Gasteiger partial charge in [-0.3, -0.25) is 4.79 Å². The molecule has 0 fully saturated rings. The predicted molar refractivity (Wildman–Crippen MR) is 160 cm³/mol. The Hall–Kier alpha value is -4.13. The summed E-state index contributed by atoms with van der Waals surface area (Å²) in [6.07, 6.45) is 0. The molecule has 0 saturated heterocycles. The average Bonchev–Trinajstić information content (AvgIpc) is 2.93. The molecule has 4 nitrogen and oxygen atoms in total. The Morgan fingerprint density at radius 3 is 2.08 bits per heavy atom. The smallest absolute Gasteiger partial charge is 0.242 e. The lowest BCUT2D eigenvalue weighted by Gasteiger charge is -2.19. The summed E-state index contributed by atoms with van der Waals surface area (Å²) in [5.41, 5.74) is 3.50. The highest BCUT2D eigenvalue weighted by Crippen LogP contribution is 2.37. The maximum atomic E-state index is 13.6.